The third-order valence-corrected chi connectivity index (χ3v) is 5.64. The summed E-state index contributed by atoms with van der Waals surface area (Å²) in [5.74, 6) is -1.44. The van der Waals surface area contributed by atoms with Gasteiger partial charge in [-0.3, -0.25) is 14.4 Å². The van der Waals surface area contributed by atoms with Crippen LogP contribution < -0.4 is 0 Å². The van der Waals surface area contributed by atoms with Gasteiger partial charge in [0, 0.05) is 6.42 Å². The third kappa shape index (κ3) is 15.6. The van der Waals surface area contributed by atoms with Crippen LogP contribution in [0.1, 0.15) is 96.8 Å². The van der Waals surface area contributed by atoms with E-state index in [9.17, 15) is 14.4 Å². The highest BCUT2D eigenvalue weighted by Gasteiger charge is 2.30. The number of rotatable bonds is 19. The van der Waals surface area contributed by atoms with Crippen LogP contribution in [0.5, 0.6) is 0 Å². The van der Waals surface area contributed by atoms with Crippen LogP contribution in [0.4, 0.5) is 0 Å². The molecule has 0 saturated carbocycles. The maximum atomic E-state index is 12.4. The largest absolute Gasteiger partial charge is 0.469 e. The van der Waals surface area contributed by atoms with Gasteiger partial charge in [0.1, 0.15) is 0 Å². The van der Waals surface area contributed by atoms with E-state index >= 15 is 0 Å². The molecule has 0 unspecified atom stereocenters. The lowest BCUT2D eigenvalue weighted by Crippen LogP contribution is -2.27. The van der Waals surface area contributed by atoms with E-state index in [4.69, 9.17) is 9.47 Å². The highest BCUT2D eigenvalue weighted by molar-refractivity contribution is 5.80. The molecule has 2 atom stereocenters. The molecule has 6 nitrogen and oxygen atoms in total. The molecule has 0 aromatic rings. The summed E-state index contributed by atoms with van der Waals surface area (Å²) in [6.07, 6.45) is 17.5. The SMILES string of the molecule is CCCCCCCC[C@H](/C=C/CCCCCCC(=O)OC)[C@H](CC(=O)OC)C(=O)OC. The molecule has 0 radical (unpaired) electrons. The lowest BCUT2D eigenvalue weighted by atomic mass is 9.84. The number of hydrogen-bond acceptors (Lipinski definition) is 6. The summed E-state index contributed by atoms with van der Waals surface area (Å²) in [6, 6.07) is 0. The molecule has 0 heterocycles. The molecule has 6 heteroatoms. The van der Waals surface area contributed by atoms with Crippen molar-refractivity contribution < 1.29 is 28.6 Å². The smallest absolute Gasteiger partial charge is 0.309 e. The average Bonchev–Trinajstić information content (AvgIpc) is 2.79. The van der Waals surface area contributed by atoms with E-state index in [1.807, 2.05) is 0 Å². The van der Waals surface area contributed by atoms with Crippen molar-refractivity contribution in [3.8, 4) is 0 Å². The Labute approximate surface area is 189 Å². The molecule has 0 bridgehead atoms. The normalized spacial score (nSPS) is 13.0. The van der Waals surface area contributed by atoms with E-state index in [1.165, 1.54) is 47.0 Å². The summed E-state index contributed by atoms with van der Waals surface area (Å²) in [4.78, 5) is 35.3. The number of carbonyl (C=O) groups is 3. The lowest BCUT2D eigenvalue weighted by Gasteiger charge is -2.22. The van der Waals surface area contributed by atoms with Crippen molar-refractivity contribution >= 4 is 17.9 Å². The van der Waals surface area contributed by atoms with Gasteiger partial charge in [-0.2, -0.15) is 0 Å². The van der Waals surface area contributed by atoms with E-state index in [-0.39, 0.29) is 30.2 Å². The Morgan fingerprint density at radius 2 is 1.35 bits per heavy atom. The van der Waals surface area contributed by atoms with Crippen molar-refractivity contribution in [3.63, 3.8) is 0 Å². The first-order valence-corrected chi connectivity index (χ1v) is 11.9. The van der Waals surface area contributed by atoms with Crippen molar-refractivity contribution in [1.29, 1.82) is 0 Å². The van der Waals surface area contributed by atoms with Crippen molar-refractivity contribution in [2.75, 3.05) is 21.3 Å². The van der Waals surface area contributed by atoms with E-state index in [1.54, 1.807) is 0 Å². The van der Waals surface area contributed by atoms with Crippen molar-refractivity contribution in [1.82, 2.24) is 0 Å². The molecule has 0 aromatic carbocycles. The van der Waals surface area contributed by atoms with Crippen LogP contribution in [0.3, 0.4) is 0 Å². The highest BCUT2D eigenvalue weighted by Crippen LogP contribution is 2.26. The van der Waals surface area contributed by atoms with Gasteiger partial charge in [0.2, 0.25) is 0 Å². The first kappa shape index (κ1) is 29.1. The van der Waals surface area contributed by atoms with Gasteiger partial charge in [0.15, 0.2) is 0 Å². The number of carbonyl (C=O) groups excluding carboxylic acids is 3. The van der Waals surface area contributed by atoms with Gasteiger partial charge in [0.25, 0.3) is 0 Å². The number of unbranched alkanes of at least 4 members (excludes halogenated alkanes) is 9. The summed E-state index contributed by atoms with van der Waals surface area (Å²) in [5, 5.41) is 0. The molecular formula is C25H44O6. The maximum absolute atomic E-state index is 12.4. The molecule has 0 aromatic heterocycles. The molecule has 0 spiro atoms. The Bertz CT molecular complexity index is 514. The molecule has 0 rings (SSSR count). The molecular weight excluding hydrogens is 396 g/mol. The van der Waals surface area contributed by atoms with Gasteiger partial charge in [0.05, 0.1) is 33.7 Å². The topological polar surface area (TPSA) is 78.9 Å². The molecule has 0 N–H and O–H groups in total. The first-order chi connectivity index (χ1) is 15.0. The number of ether oxygens (including phenoxy) is 3. The molecule has 180 valence electrons. The van der Waals surface area contributed by atoms with Gasteiger partial charge in [-0.25, -0.2) is 0 Å². The summed E-state index contributed by atoms with van der Waals surface area (Å²) in [5.41, 5.74) is 0. The Balaban J connectivity index is 4.68. The van der Waals surface area contributed by atoms with Gasteiger partial charge >= 0.3 is 17.9 Å². The minimum absolute atomic E-state index is 0.0305. The minimum atomic E-state index is -0.510. The van der Waals surface area contributed by atoms with Crippen molar-refractivity contribution in [2.24, 2.45) is 11.8 Å². The molecule has 0 amide bonds. The van der Waals surface area contributed by atoms with Gasteiger partial charge in [-0.15, -0.1) is 0 Å². The zero-order valence-electron chi connectivity index (χ0n) is 20.2. The van der Waals surface area contributed by atoms with E-state index in [0.29, 0.717) is 6.42 Å². The first-order valence-electron chi connectivity index (χ1n) is 11.9. The van der Waals surface area contributed by atoms with Gasteiger partial charge in [-0.05, 0) is 31.6 Å². The molecule has 0 aliphatic rings. The molecule has 0 saturated heterocycles. The average molecular weight is 441 g/mol. The second kappa shape index (κ2) is 20.1. The Morgan fingerprint density at radius 3 is 2.00 bits per heavy atom. The second-order valence-electron chi connectivity index (χ2n) is 8.09. The summed E-state index contributed by atoms with van der Waals surface area (Å²) < 4.78 is 14.4. The minimum Gasteiger partial charge on any atom is -0.469 e. The van der Waals surface area contributed by atoms with Crippen LogP contribution in [0.15, 0.2) is 12.2 Å². The summed E-state index contributed by atoms with van der Waals surface area (Å²) in [7, 11) is 4.12. The van der Waals surface area contributed by atoms with Crippen LogP contribution in [0, 0.1) is 11.8 Å². The Morgan fingerprint density at radius 1 is 0.742 bits per heavy atom. The van der Waals surface area contributed by atoms with Crippen LogP contribution in [0.25, 0.3) is 0 Å². The zero-order chi connectivity index (χ0) is 23.3. The fourth-order valence-electron chi connectivity index (χ4n) is 3.67. The van der Waals surface area contributed by atoms with E-state index in [0.717, 1.165) is 51.4 Å². The van der Waals surface area contributed by atoms with Crippen molar-refractivity contribution in [2.45, 2.75) is 96.8 Å². The number of esters is 3. The Kier molecular flexibility index (Phi) is 18.9. The van der Waals surface area contributed by atoms with Crippen LogP contribution >= 0.6 is 0 Å². The Hall–Kier alpha value is -1.85. The van der Waals surface area contributed by atoms with Crippen molar-refractivity contribution in [3.05, 3.63) is 12.2 Å². The third-order valence-electron chi connectivity index (χ3n) is 5.64. The van der Waals surface area contributed by atoms with Crippen LogP contribution in [-0.4, -0.2) is 39.2 Å². The summed E-state index contributed by atoms with van der Waals surface area (Å²) in [6.45, 7) is 2.20. The second-order valence-corrected chi connectivity index (χ2v) is 8.09. The summed E-state index contributed by atoms with van der Waals surface area (Å²) >= 11 is 0. The molecule has 31 heavy (non-hydrogen) atoms. The van der Waals surface area contributed by atoms with E-state index < -0.39 is 5.92 Å². The number of hydrogen-bond donors (Lipinski definition) is 0. The van der Waals surface area contributed by atoms with Gasteiger partial charge in [-0.1, -0.05) is 70.4 Å². The fraction of sp³-hybridized carbons (Fsp3) is 0.800. The molecule has 0 aliphatic heterocycles. The van der Waals surface area contributed by atoms with Crippen LogP contribution in [-0.2, 0) is 28.6 Å². The predicted molar refractivity (Wildman–Crippen MR) is 122 cm³/mol. The fourth-order valence-corrected chi connectivity index (χ4v) is 3.67. The molecule has 0 fully saturated rings. The van der Waals surface area contributed by atoms with E-state index in [2.05, 4.69) is 23.8 Å². The highest BCUT2D eigenvalue weighted by atomic mass is 16.5. The van der Waals surface area contributed by atoms with Gasteiger partial charge < -0.3 is 14.2 Å². The lowest BCUT2D eigenvalue weighted by molar-refractivity contribution is -0.153. The van der Waals surface area contributed by atoms with Crippen LogP contribution in [0.2, 0.25) is 0 Å². The standard InChI is InChI=1S/C25H44O6/c1-5-6-7-8-11-14-17-21(22(25(28)31-4)20-24(27)30-3)18-15-12-9-10-13-16-19-23(26)29-2/h15,18,21-22H,5-14,16-17,19-20H2,1-4H3/b18-15+/t21-,22+/m1/s1. The quantitative estimate of drug-likeness (QED) is 0.110. The monoisotopic (exact) mass is 440 g/mol. The number of methoxy groups -OCH3 is 3. The predicted octanol–water partition coefficient (Wildman–Crippen LogP) is 5.78. The maximum Gasteiger partial charge on any atom is 0.309 e. The number of allylic oxidation sites excluding steroid dienone is 2. The zero-order valence-corrected chi connectivity index (χ0v) is 20.2. The molecule has 0 aliphatic carbocycles.